The normalized spacial score (nSPS) is 20.3. The van der Waals surface area contributed by atoms with Crippen LogP contribution in [0, 0.1) is 0 Å². The van der Waals surface area contributed by atoms with Crippen LogP contribution in [0.1, 0.15) is 10.4 Å². The number of aryl methyl sites for hydroxylation is 1. The van der Waals surface area contributed by atoms with Gasteiger partial charge in [-0.25, -0.2) is 4.79 Å². The third-order valence-electron chi connectivity index (χ3n) is 2.63. The fourth-order valence-electron chi connectivity index (χ4n) is 1.75. The second kappa shape index (κ2) is 4.79. The van der Waals surface area contributed by atoms with E-state index in [1.165, 1.54) is 15.8 Å². The molecule has 1 aliphatic rings. The molecule has 1 aromatic rings. The summed E-state index contributed by atoms with van der Waals surface area (Å²) < 4.78 is 1.53. The number of thioether (sulfide) groups is 1. The second-order valence-electron chi connectivity index (χ2n) is 3.83. The highest BCUT2D eigenvalue weighted by Crippen LogP contribution is 2.19. The summed E-state index contributed by atoms with van der Waals surface area (Å²) in [5.74, 6) is 0.0113. The van der Waals surface area contributed by atoms with Gasteiger partial charge in [-0.05, 0) is 0 Å². The lowest BCUT2D eigenvalue weighted by atomic mass is 10.2. The van der Waals surface area contributed by atoms with Gasteiger partial charge in [0.2, 0.25) is 0 Å². The second-order valence-corrected chi connectivity index (χ2v) is 4.98. The van der Waals surface area contributed by atoms with Gasteiger partial charge in [0.1, 0.15) is 6.04 Å². The molecule has 2 heterocycles. The number of hydrogen-bond donors (Lipinski definition) is 1. The molecule has 0 saturated carbocycles. The van der Waals surface area contributed by atoms with Gasteiger partial charge in [-0.15, -0.1) is 0 Å². The summed E-state index contributed by atoms with van der Waals surface area (Å²) in [5, 5.41) is 13.0. The Hall–Kier alpha value is -1.50. The molecule has 0 bridgehead atoms. The van der Waals surface area contributed by atoms with Crippen LogP contribution in [0.2, 0.25) is 0 Å². The van der Waals surface area contributed by atoms with Crippen molar-refractivity contribution < 1.29 is 14.7 Å². The molecule has 1 saturated heterocycles. The number of carboxylic acids is 1. The molecule has 1 amide bonds. The van der Waals surface area contributed by atoms with E-state index in [-0.39, 0.29) is 5.91 Å². The smallest absolute Gasteiger partial charge is 0.327 e. The van der Waals surface area contributed by atoms with Crippen LogP contribution in [0.25, 0.3) is 0 Å². The van der Waals surface area contributed by atoms with Crippen molar-refractivity contribution in [3.63, 3.8) is 0 Å². The Labute approximate surface area is 103 Å². The number of aromatic nitrogens is 2. The lowest BCUT2D eigenvalue weighted by Gasteiger charge is -2.32. The van der Waals surface area contributed by atoms with Gasteiger partial charge in [-0.3, -0.25) is 9.48 Å². The zero-order valence-corrected chi connectivity index (χ0v) is 10.2. The number of rotatable bonds is 2. The average Bonchev–Trinajstić information content (AvgIpc) is 2.75. The molecule has 0 aliphatic carbocycles. The van der Waals surface area contributed by atoms with Crippen LogP contribution >= 0.6 is 11.8 Å². The number of hydrogen-bond acceptors (Lipinski definition) is 4. The molecule has 92 valence electrons. The molecule has 2 rings (SSSR count). The van der Waals surface area contributed by atoms with Crippen LogP contribution in [-0.2, 0) is 11.8 Å². The van der Waals surface area contributed by atoms with Crippen molar-refractivity contribution in [2.45, 2.75) is 6.04 Å². The van der Waals surface area contributed by atoms with Crippen molar-refractivity contribution in [1.82, 2.24) is 14.7 Å². The van der Waals surface area contributed by atoms with Crippen molar-refractivity contribution in [2.75, 3.05) is 18.1 Å². The van der Waals surface area contributed by atoms with Crippen LogP contribution in [0.5, 0.6) is 0 Å². The molecular weight excluding hydrogens is 242 g/mol. The van der Waals surface area contributed by atoms with E-state index in [2.05, 4.69) is 5.10 Å². The molecule has 1 aromatic heterocycles. The van der Waals surface area contributed by atoms with E-state index >= 15 is 0 Å². The minimum absolute atomic E-state index is 0.259. The van der Waals surface area contributed by atoms with Crippen LogP contribution in [-0.4, -0.2) is 55.8 Å². The van der Waals surface area contributed by atoms with Gasteiger partial charge < -0.3 is 10.0 Å². The highest BCUT2D eigenvalue weighted by atomic mass is 32.2. The molecule has 7 heteroatoms. The highest BCUT2D eigenvalue weighted by Gasteiger charge is 2.33. The molecule has 17 heavy (non-hydrogen) atoms. The van der Waals surface area contributed by atoms with Gasteiger partial charge in [-0.1, -0.05) is 0 Å². The lowest BCUT2D eigenvalue weighted by molar-refractivity contribution is -0.141. The third-order valence-corrected chi connectivity index (χ3v) is 3.65. The summed E-state index contributed by atoms with van der Waals surface area (Å²) in [5.41, 5.74) is 0.436. The van der Waals surface area contributed by atoms with E-state index in [4.69, 9.17) is 5.11 Å². The van der Waals surface area contributed by atoms with Crippen LogP contribution in [0.15, 0.2) is 12.4 Å². The van der Waals surface area contributed by atoms with E-state index in [1.54, 1.807) is 25.0 Å². The van der Waals surface area contributed by atoms with E-state index < -0.39 is 12.0 Å². The summed E-state index contributed by atoms with van der Waals surface area (Å²) in [6.07, 6.45) is 3.06. The number of aliphatic carboxylic acids is 1. The fraction of sp³-hybridized carbons (Fsp3) is 0.500. The zero-order chi connectivity index (χ0) is 12.4. The summed E-state index contributed by atoms with van der Waals surface area (Å²) >= 11 is 1.56. The van der Waals surface area contributed by atoms with E-state index in [0.717, 1.165) is 5.75 Å². The summed E-state index contributed by atoms with van der Waals surface area (Å²) in [4.78, 5) is 24.6. The number of carboxylic acid groups (broad SMARTS) is 1. The Morgan fingerprint density at radius 1 is 1.59 bits per heavy atom. The summed E-state index contributed by atoms with van der Waals surface area (Å²) in [7, 11) is 1.72. The van der Waals surface area contributed by atoms with Gasteiger partial charge in [0.25, 0.3) is 5.91 Å². The van der Waals surface area contributed by atoms with Gasteiger partial charge in [0.15, 0.2) is 0 Å². The first-order valence-corrected chi connectivity index (χ1v) is 6.35. The molecule has 1 aliphatic heterocycles. The molecule has 0 aromatic carbocycles. The maximum absolute atomic E-state index is 12.1. The monoisotopic (exact) mass is 255 g/mol. The lowest BCUT2D eigenvalue weighted by Crippen LogP contribution is -2.50. The van der Waals surface area contributed by atoms with E-state index in [1.807, 2.05) is 0 Å². The van der Waals surface area contributed by atoms with Crippen molar-refractivity contribution >= 4 is 23.6 Å². The van der Waals surface area contributed by atoms with E-state index in [0.29, 0.717) is 17.9 Å². The minimum atomic E-state index is -0.950. The SMILES string of the molecule is Cn1cc(C(=O)N2CCSCC2C(=O)O)cn1. The third kappa shape index (κ3) is 2.44. The Balaban J connectivity index is 2.19. The topological polar surface area (TPSA) is 75.4 Å². The molecule has 1 unspecified atom stereocenters. The van der Waals surface area contributed by atoms with Crippen LogP contribution in [0.3, 0.4) is 0 Å². The Morgan fingerprint density at radius 2 is 2.35 bits per heavy atom. The molecule has 1 atom stereocenters. The highest BCUT2D eigenvalue weighted by molar-refractivity contribution is 7.99. The first-order valence-electron chi connectivity index (χ1n) is 5.20. The Bertz CT molecular complexity index is 446. The molecule has 0 spiro atoms. The first kappa shape index (κ1) is 12.0. The molecule has 6 nitrogen and oxygen atoms in total. The van der Waals surface area contributed by atoms with Gasteiger partial charge >= 0.3 is 5.97 Å². The van der Waals surface area contributed by atoms with E-state index in [9.17, 15) is 9.59 Å². The number of carbonyl (C=O) groups excluding carboxylic acids is 1. The van der Waals surface area contributed by atoms with Gasteiger partial charge in [-0.2, -0.15) is 16.9 Å². The Morgan fingerprint density at radius 3 is 2.94 bits per heavy atom. The molecule has 1 fully saturated rings. The molecule has 1 N–H and O–H groups in total. The maximum Gasteiger partial charge on any atom is 0.327 e. The van der Waals surface area contributed by atoms with Gasteiger partial charge in [0, 0.05) is 31.3 Å². The fourth-order valence-corrected chi connectivity index (χ4v) is 2.79. The number of amides is 1. The average molecular weight is 255 g/mol. The zero-order valence-electron chi connectivity index (χ0n) is 9.37. The molecule has 0 radical (unpaired) electrons. The number of nitrogens with zero attached hydrogens (tertiary/aromatic N) is 3. The first-order chi connectivity index (χ1) is 8.09. The standard InChI is InChI=1S/C10H13N3O3S/c1-12-5-7(4-11-12)9(14)13-2-3-17-6-8(13)10(15)16/h4-5,8H,2-3,6H2,1H3,(H,15,16). The number of carbonyl (C=O) groups is 2. The van der Waals surface area contributed by atoms with Crippen molar-refractivity contribution in [3.05, 3.63) is 18.0 Å². The molecular formula is C10H13N3O3S. The summed E-state index contributed by atoms with van der Waals surface area (Å²) in [6.45, 7) is 0.468. The Kier molecular flexibility index (Phi) is 3.37. The maximum atomic E-state index is 12.1. The van der Waals surface area contributed by atoms with Crippen molar-refractivity contribution in [1.29, 1.82) is 0 Å². The minimum Gasteiger partial charge on any atom is -0.480 e. The van der Waals surface area contributed by atoms with Crippen molar-refractivity contribution in [3.8, 4) is 0 Å². The predicted molar refractivity (Wildman–Crippen MR) is 63.0 cm³/mol. The van der Waals surface area contributed by atoms with Crippen LogP contribution < -0.4 is 0 Å². The summed E-state index contributed by atoms with van der Waals surface area (Å²) in [6, 6.07) is -0.735. The quantitative estimate of drug-likeness (QED) is 0.809. The van der Waals surface area contributed by atoms with Gasteiger partial charge in [0.05, 0.1) is 11.8 Å². The van der Waals surface area contributed by atoms with Crippen molar-refractivity contribution in [2.24, 2.45) is 7.05 Å². The largest absolute Gasteiger partial charge is 0.480 e. The van der Waals surface area contributed by atoms with Crippen LogP contribution in [0.4, 0.5) is 0 Å². The predicted octanol–water partition coefficient (Wildman–Crippen LogP) is 0.0623.